The van der Waals surface area contributed by atoms with Gasteiger partial charge in [0, 0.05) is 6.54 Å². The zero-order valence-electron chi connectivity index (χ0n) is 16.6. The SMILES string of the molecule is CC(C)(C)OC(=O)N[C@@H](Cc1ccc(OCCCCN=C(N)N)cc1)C(=O)[O-]. The summed E-state index contributed by atoms with van der Waals surface area (Å²) in [7, 11) is 0. The first-order valence-corrected chi connectivity index (χ1v) is 9.04. The fourth-order valence-corrected chi connectivity index (χ4v) is 2.21. The molecule has 28 heavy (non-hydrogen) atoms. The van der Waals surface area contributed by atoms with Gasteiger partial charge in [-0.2, -0.15) is 0 Å². The van der Waals surface area contributed by atoms with Crippen LogP contribution in [0.1, 0.15) is 39.2 Å². The molecule has 0 bridgehead atoms. The number of aliphatic imine (C=N–C) groups is 1. The van der Waals surface area contributed by atoms with Gasteiger partial charge < -0.3 is 36.2 Å². The van der Waals surface area contributed by atoms with Crippen LogP contribution in [0.25, 0.3) is 0 Å². The van der Waals surface area contributed by atoms with Gasteiger partial charge in [-0.1, -0.05) is 12.1 Å². The van der Waals surface area contributed by atoms with E-state index in [0.717, 1.165) is 12.8 Å². The van der Waals surface area contributed by atoms with Gasteiger partial charge in [-0.25, -0.2) is 4.79 Å². The molecule has 0 aliphatic rings. The number of carboxylic acids is 1. The quantitative estimate of drug-likeness (QED) is 0.294. The monoisotopic (exact) mass is 393 g/mol. The Morgan fingerprint density at radius 1 is 1.18 bits per heavy atom. The topological polar surface area (TPSA) is 152 Å². The smallest absolute Gasteiger partial charge is 0.408 e. The number of amides is 1. The third-order valence-electron chi connectivity index (χ3n) is 3.45. The molecule has 1 atom stereocenters. The normalized spacial score (nSPS) is 12.0. The molecule has 0 unspecified atom stereocenters. The molecule has 0 spiro atoms. The second-order valence-corrected chi connectivity index (χ2v) is 7.23. The van der Waals surface area contributed by atoms with Gasteiger partial charge in [0.1, 0.15) is 11.4 Å². The van der Waals surface area contributed by atoms with Gasteiger partial charge in [-0.05, 0) is 57.7 Å². The maximum atomic E-state index is 11.8. The molecule has 1 rings (SSSR count). The number of guanidine groups is 1. The van der Waals surface area contributed by atoms with Crippen molar-refractivity contribution < 1.29 is 24.2 Å². The van der Waals surface area contributed by atoms with Gasteiger partial charge in [0.2, 0.25) is 0 Å². The highest BCUT2D eigenvalue weighted by molar-refractivity contribution is 5.79. The molecule has 0 aliphatic heterocycles. The van der Waals surface area contributed by atoms with E-state index in [2.05, 4.69) is 10.3 Å². The Balaban J connectivity index is 2.48. The van der Waals surface area contributed by atoms with Gasteiger partial charge in [-0.15, -0.1) is 0 Å². The van der Waals surface area contributed by atoms with Crippen LogP contribution in [0.15, 0.2) is 29.3 Å². The molecule has 9 heteroatoms. The van der Waals surface area contributed by atoms with Crippen LogP contribution in [0.5, 0.6) is 5.75 Å². The van der Waals surface area contributed by atoms with Gasteiger partial charge in [0.05, 0.1) is 18.6 Å². The molecule has 0 radical (unpaired) electrons. The average Bonchev–Trinajstić information content (AvgIpc) is 2.56. The highest BCUT2D eigenvalue weighted by Gasteiger charge is 2.20. The van der Waals surface area contributed by atoms with Crippen molar-refractivity contribution in [2.75, 3.05) is 13.2 Å². The van der Waals surface area contributed by atoms with Gasteiger partial charge >= 0.3 is 6.09 Å². The predicted molar refractivity (Wildman–Crippen MR) is 104 cm³/mol. The summed E-state index contributed by atoms with van der Waals surface area (Å²) < 4.78 is 10.7. The number of ether oxygens (including phenoxy) is 2. The Bertz CT molecular complexity index is 664. The molecule has 0 aliphatic carbocycles. The van der Waals surface area contributed by atoms with Crippen molar-refractivity contribution in [2.45, 2.75) is 51.7 Å². The number of hydrogen-bond donors (Lipinski definition) is 3. The lowest BCUT2D eigenvalue weighted by Crippen LogP contribution is -2.50. The second-order valence-electron chi connectivity index (χ2n) is 7.23. The van der Waals surface area contributed by atoms with Crippen LogP contribution >= 0.6 is 0 Å². The summed E-state index contributed by atoms with van der Waals surface area (Å²) in [5, 5.41) is 13.6. The number of carbonyl (C=O) groups is 2. The van der Waals surface area contributed by atoms with E-state index in [9.17, 15) is 14.7 Å². The summed E-state index contributed by atoms with van der Waals surface area (Å²) in [6, 6.07) is 5.76. The molecule has 0 fully saturated rings. The summed E-state index contributed by atoms with van der Waals surface area (Å²) in [6.07, 6.45) is 0.868. The van der Waals surface area contributed by atoms with E-state index in [4.69, 9.17) is 20.9 Å². The molecular formula is C19H29N4O5-. The maximum absolute atomic E-state index is 11.8. The predicted octanol–water partition coefficient (Wildman–Crippen LogP) is 0.305. The van der Waals surface area contributed by atoms with Crippen LogP contribution < -0.4 is 26.6 Å². The van der Waals surface area contributed by atoms with Crippen molar-refractivity contribution in [3.8, 4) is 5.75 Å². The first-order valence-electron chi connectivity index (χ1n) is 9.04. The first-order chi connectivity index (χ1) is 13.1. The van der Waals surface area contributed by atoms with Crippen LogP contribution in [0.3, 0.4) is 0 Å². The van der Waals surface area contributed by atoms with Crippen molar-refractivity contribution in [3.05, 3.63) is 29.8 Å². The number of hydrogen-bond acceptors (Lipinski definition) is 6. The van der Waals surface area contributed by atoms with E-state index in [1.807, 2.05) is 0 Å². The molecule has 0 saturated heterocycles. The molecule has 5 N–H and O–H groups in total. The van der Waals surface area contributed by atoms with Gasteiger partial charge in [0.15, 0.2) is 5.96 Å². The number of nitrogens with zero attached hydrogens (tertiary/aromatic N) is 1. The van der Waals surface area contributed by atoms with Crippen LogP contribution in [-0.2, 0) is 16.0 Å². The lowest BCUT2D eigenvalue weighted by atomic mass is 10.1. The zero-order valence-corrected chi connectivity index (χ0v) is 16.6. The average molecular weight is 393 g/mol. The van der Waals surface area contributed by atoms with Crippen LogP contribution in [0.4, 0.5) is 4.79 Å². The van der Waals surface area contributed by atoms with Crippen molar-refractivity contribution in [3.63, 3.8) is 0 Å². The van der Waals surface area contributed by atoms with Crippen molar-refractivity contribution >= 4 is 18.0 Å². The summed E-state index contributed by atoms with van der Waals surface area (Å²) >= 11 is 0. The highest BCUT2D eigenvalue weighted by Crippen LogP contribution is 2.14. The molecule has 9 nitrogen and oxygen atoms in total. The summed E-state index contributed by atoms with van der Waals surface area (Å²) in [5.74, 6) is -0.643. The molecule has 156 valence electrons. The number of benzene rings is 1. The standard InChI is InChI=1S/C19H30N4O5/c1-19(2,3)28-18(26)23-15(16(24)25)12-13-6-8-14(9-7-13)27-11-5-4-10-22-17(20)21/h6-9,15H,4-5,10-12H2,1-3H3,(H,23,26)(H,24,25)(H4,20,21,22)/p-1/t15-/m0/s1. The number of rotatable bonds is 10. The molecule has 1 amide bonds. The Hall–Kier alpha value is -2.97. The molecule has 1 aromatic carbocycles. The Morgan fingerprint density at radius 2 is 1.82 bits per heavy atom. The fourth-order valence-electron chi connectivity index (χ4n) is 2.21. The fraction of sp³-hybridized carbons (Fsp3) is 0.526. The Morgan fingerprint density at radius 3 is 2.36 bits per heavy atom. The minimum atomic E-state index is -1.38. The molecule has 0 saturated carbocycles. The minimum absolute atomic E-state index is 0.0698. The Kier molecular flexibility index (Phi) is 9.07. The van der Waals surface area contributed by atoms with Gasteiger partial charge in [0.25, 0.3) is 0 Å². The third-order valence-corrected chi connectivity index (χ3v) is 3.45. The summed E-state index contributed by atoms with van der Waals surface area (Å²) in [4.78, 5) is 27.0. The summed E-state index contributed by atoms with van der Waals surface area (Å²) in [5.41, 5.74) is 10.5. The zero-order chi connectivity index (χ0) is 21.2. The van der Waals surface area contributed by atoms with E-state index in [-0.39, 0.29) is 12.4 Å². The van der Waals surface area contributed by atoms with Crippen molar-refractivity contribution in [2.24, 2.45) is 16.5 Å². The van der Waals surface area contributed by atoms with Crippen molar-refractivity contribution in [1.29, 1.82) is 0 Å². The molecule has 0 aromatic heterocycles. The number of nitrogens with one attached hydrogen (secondary N) is 1. The lowest BCUT2D eigenvalue weighted by Gasteiger charge is -2.24. The molecular weight excluding hydrogens is 364 g/mol. The van der Waals surface area contributed by atoms with Crippen LogP contribution in [-0.4, -0.2) is 42.8 Å². The first kappa shape index (κ1) is 23.1. The van der Waals surface area contributed by atoms with E-state index in [1.54, 1.807) is 45.0 Å². The van der Waals surface area contributed by atoms with E-state index >= 15 is 0 Å². The largest absolute Gasteiger partial charge is 0.548 e. The number of carboxylic acid groups (broad SMARTS) is 1. The number of alkyl carbamates (subject to hydrolysis) is 1. The Labute approximate surface area is 165 Å². The van der Waals surface area contributed by atoms with Gasteiger partial charge in [-0.3, -0.25) is 4.99 Å². The number of unbranched alkanes of at least 4 members (excludes halogenated alkanes) is 1. The number of aliphatic carboxylic acids is 1. The number of carbonyl (C=O) groups excluding carboxylic acids is 2. The highest BCUT2D eigenvalue weighted by atomic mass is 16.6. The maximum Gasteiger partial charge on any atom is 0.408 e. The lowest BCUT2D eigenvalue weighted by molar-refractivity contribution is -0.308. The second kappa shape index (κ2) is 11.0. The van der Waals surface area contributed by atoms with E-state index < -0.39 is 23.7 Å². The third kappa shape index (κ3) is 10.2. The molecule has 1 aromatic rings. The van der Waals surface area contributed by atoms with Crippen molar-refractivity contribution in [1.82, 2.24) is 5.32 Å². The number of nitrogens with two attached hydrogens (primary N) is 2. The minimum Gasteiger partial charge on any atom is -0.548 e. The van der Waals surface area contributed by atoms with Crippen LogP contribution in [0.2, 0.25) is 0 Å². The molecule has 0 heterocycles. The van der Waals surface area contributed by atoms with E-state index in [0.29, 0.717) is 24.5 Å². The van der Waals surface area contributed by atoms with E-state index in [1.165, 1.54) is 0 Å². The van der Waals surface area contributed by atoms with Crippen LogP contribution in [0, 0.1) is 0 Å². The summed E-state index contributed by atoms with van der Waals surface area (Å²) in [6.45, 7) is 6.15.